The number of ether oxygens (including phenoxy) is 1. The Morgan fingerprint density at radius 3 is 2.67 bits per heavy atom. The molecule has 144 valence electrons. The normalized spacial score (nSPS) is 11.4. The van der Waals surface area contributed by atoms with E-state index < -0.39 is 0 Å². The van der Waals surface area contributed by atoms with Crippen LogP contribution in [0, 0.1) is 6.92 Å². The lowest BCUT2D eigenvalue weighted by Crippen LogP contribution is -2.07. The van der Waals surface area contributed by atoms with Gasteiger partial charge >= 0.3 is 0 Å². The number of unbranched alkanes of at least 4 members (excludes halogenated alkanes) is 1. The molecule has 0 amide bonds. The van der Waals surface area contributed by atoms with E-state index in [-0.39, 0.29) is 0 Å². The van der Waals surface area contributed by atoms with Crippen LogP contribution < -0.4 is 4.74 Å². The van der Waals surface area contributed by atoms with Crippen LogP contribution in [0.1, 0.15) is 62.9 Å². The maximum atomic E-state index is 6.14. The lowest BCUT2D eigenvalue weighted by Gasteiger charge is -2.15. The van der Waals surface area contributed by atoms with Gasteiger partial charge in [0.15, 0.2) is 0 Å². The van der Waals surface area contributed by atoms with Gasteiger partial charge in [0, 0.05) is 13.0 Å². The van der Waals surface area contributed by atoms with Crippen molar-refractivity contribution in [3.8, 4) is 5.75 Å². The van der Waals surface area contributed by atoms with Gasteiger partial charge in [-0.05, 0) is 61.4 Å². The van der Waals surface area contributed by atoms with Crippen LogP contribution in [-0.2, 0) is 13.0 Å². The van der Waals surface area contributed by atoms with Crippen molar-refractivity contribution in [3.63, 3.8) is 0 Å². The molecule has 0 aliphatic heterocycles. The van der Waals surface area contributed by atoms with Crippen molar-refractivity contribution in [3.05, 3.63) is 59.4 Å². The summed E-state index contributed by atoms with van der Waals surface area (Å²) in [6.45, 7) is 10.5. The average Bonchev–Trinajstić information content (AvgIpc) is 2.99. The third-order valence-electron chi connectivity index (χ3n) is 5.03. The number of para-hydroxylation sites is 2. The number of hydrogen-bond acceptors (Lipinski definition) is 2. The summed E-state index contributed by atoms with van der Waals surface area (Å²) in [5, 5.41) is 0. The van der Waals surface area contributed by atoms with Crippen LogP contribution >= 0.6 is 0 Å². The molecule has 2 aromatic carbocycles. The van der Waals surface area contributed by atoms with Gasteiger partial charge < -0.3 is 9.30 Å². The molecule has 0 fully saturated rings. The molecule has 0 bridgehead atoms. The van der Waals surface area contributed by atoms with Crippen LogP contribution in [0.4, 0.5) is 0 Å². The molecule has 3 nitrogen and oxygen atoms in total. The summed E-state index contributed by atoms with van der Waals surface area (Å²) in [7, 11) is 0. The molecule has 3 aromatic rings. The average molecular weight is 365 g/mol. The Labute approximate surface area is 163 Å². The first-order valence-corrected chi connectivity index (χ1v) is 10.3. The van der Waals surface area contributed by atoms with Crippen molar-refractivity contribution in [2.24, 2.45) is 0 Å². The zero-order valence-electron chi connectivity index (χ0n) is 17.2. The molecular formula is C24H32N2O. The second-order valence-corrected chi connectivity index (χ2v) is 7.67. The Balaban J connectivity index is 1.59. The molecule has 0 radical (unpaired) electrons. The molecule has 0 saturated heterocycles. The zero-order chi connectivity index (χ0) is 19.2. The first-order valence-electron chi connectivity index (χ1n) is 10.3. The highest BCUT2D eigenvalue weighted by Crippen LogP contribution is 2.27. The van der Waals surface area contributed by atoms with E-state index in [4.69, 9.17) is 9.72 Å². The fraction of sp³-hybridized carbons (Fsp3) is 0.458. The van der Waals surface area contributed by atoms with E-state index in [9.17, 15) is 0 Å². The molecule has 0 aliphatic carbocycles. The zero-order valence-corrected chi connectivity index (χ0v) is 17.2. The first kappa shape index (κ1) is 19.5. The number of hydrogen-bond donors (Lipinski definition) is 0. The van der Waals surface area contributed by atoms with Gasteiger partial charge in [-0.1, -0.05) is 45.0 Å². The highest BCUT2D eigenvalue weighted by molar-refractivity contribution is 5.75. The SMILES string of the molecule is CCCc1nc2ccccc2n1CCCCOc1cc(C)ccc1C(C)C. The number of imidazole rings is 1. The van der Waals surface area contributed by atoms with Gasteiger partial charge in [0.25, 0.3) is 0 Å². The van der Waals surface area contributed by atoms with Gasteiger partial charge in [-0.15, -0.1) is 0 Å². The van der Waals surface area contributed by atoms with Gasteiger partial charge in [0.1, 0.15) is 11.6 Å². The number of aryl methyl sites for hydroxylation is 3. The molecule has 0 saturated carbocycles. The Morgan fingerprint density at radius 2 is 1.89 bits per heavy atom. The van der Waals surface area contributed by atoms with Crippen LogP contribution in [0.5, 0.6) is 5.75 Å². The smallest absolute Gasteiger partial charge is 0.122 e. The molecule has 1 heterocycles. The quantitative estimate of drug-likeness (QED) is 0.418. The maximum absolute atomic E-state index is 6.14. The van der Waals surface area contributed by atoms with E-state index in [0.717, 1.165) is 50.1 Å². The van der Waals surface area contributed by atoms with E-state index in [0.29, 0.717) is 5.92 Å². The summed E-state index contributed by atoms with van der Waals surface area (Å²) in [5.74, 6) is 2.74. The van der Waals surface area contributed by atoms with Crippen LogP contribution in [0.15, 0.2) is 42.5 Å². The van der Waals surface area contributed by atoms with Crippen LogP contribution in [-0.4, -0.2) is 16.2 Å². The first-order chi connectivity index (χ1) is 13.1. The summed E-state index contributed by atoms with van der Waals surface area (Å²) in [6.07, 6.45) is 4.30. The van der Waals surface area contributed by atoms with Crippen molar-refractivity contribution in [1.82, 2.24) is 9.55 Å². The third kappa shape index (κ3) is 4.71. The van der Waals surface area contributed by atoms with E-state index >= 15 is 0 Å². The molecule has 0 atom stereocenters. The monoisotopic (exact) mass is 364 g/mol. The predicted molar refractivity (Wildman–Crippen MR) is 114 cm³/mol. The molecule has 3 heteroatoms. The second kappa shape index (κ2) is 9.07. The molecule has 3 rings (SSSR count). The molecule has 0 aliphatic rings. The summed E-state index contributed by atoms with van der Waals surface area (Å²) in [6, 6.07) is 15.0. The van der Waals surface area contributed by atoms with E-state index in [2.05, 4.69) is 74.7 Å². The standard InChI is InChI=1S/C24H32N2O/c1-5-10-24-25-21-11-6-7-12-22(21)26(24)15-8-9-16-27-23-17-19(4)13-14-20(23)18(2)3/h6-7,11-14,17-18H,5,8-10,15-16H2,1-4H3. The maximum Gasteiger partial charge on any atom is 0.122 e. The minimum atomic E-state index is 0.481. The Morgan fingerprint density at radius 1 is 1.07 bits per heavy atom. The highest BCUT2D eigenvalue weighted by Gasteiger charge is 2.10. The molecular weight excluding hydrogens is 332 g/mol. The lowest BCUT2D eigenvalue weighted by atomic mass is 10.0. The summed E-state index contributed by atoms with van der Waals surface area (Å²) >= 11 is 0. The topological polar surface area (TPSA) is 27.1 Å². The molecule has 0 unspecified atom stereocenters. The Kier molecular flexibility index (Phi) is 6.54. The predicted octanol–water partition coefficient (Wildman–Crippen LogP) is 6.28. The summed E-state index contributed by atoms with van der Waals surface area (Å²) in [4.78, 5) is 4.82. The number of nitrogens with zero attached hydrogens (tertiary/aromatic N) is 2. The van der Waals surface area contributed by atoms with E-state index in [1.54, 1.807) is 0 Å². The van der Waals surface area contributed by atoms with Gasteiger partial charge in [-0.25, -0.2) is 4.98 Å². The van der Waals surface area contributed by atoms with Crippen molar-refractivity contribution < 1.29 is 4.74 Å². The number of fused-ring (bicyclic) bond motifs is 1. The van der Waals surface area contributed by atoms with Gasteiger partial charge in [-0.2, -0.15) is 0 Å². The number of rotatable bonds is 9. The van der Waals surface area contributed by atoms with Crippen molar-refractivity contribution in [1.29, 1.82) is 0 Å². The van der Waals surface area contributed by atoms with Crippen molar-refractivity contribution in [2.45, 2.75) is 65.8 Å². The van der Waals surface area contributed by atoms with Gasteiger partial charge in [0.05, 0.1) is 17.6 Å². The van der Waals surface area contributed by atoms with Crippen molar-refractivity contribution >= 4 is 11.0 Å². The lowest BCUT2D eigenvalue weighted by molar-refractivity contribution is 0.299. The van der Waals surface area contributed by atoms with Crippen LogP contribution in [0.2, 0.25) is 0 Å². The van der Waals surface area contributed by atoms with Crippen LogP contribution in [0.25, 0.3) is 11.0 Å². The minimum Gasteiger partial charge on any atom is -0.493 e. The highest BCUT2D eigenvalue weighted by atomic mass is 16.5. The van der Waals surface area contributed by atoms with Gasteiger partial charge in [0.2, 0.25) is 0 Å². The molecule has 0 spiro atoms. The van der Waals surface area contributed by atoms with E-state index in [1.165, 1.54) is 22.5 Å². The van der Waals surface area contributed by atoms with Gasteiger partial charge in [-0.3, -0.25) is 0 Å². The molecule has 0 N–H and O–H groups in total. The molecule has 1 aromatic heterocycles. The largest absolute Gasteiger partial charge is 0.493 e. The molecule has 27 heavy (non-hydrogen) atoms. The van der Waals surface area contributed by atoms with E-state index in [1.807, 2.05) is 0 Å². The third-order valence-corrected chi connectivity index (χ3v) is 5.03. The number of benzene rings is 2. The Hall–Kier alpha value is -2.29. The summed E-state index contributed by atoms with van der Waals surface area (Å²) < 4.78 is 8.53. The fourth-order valence-corrected chi connectivity index (χ4v) is 3.59. The van der Waals surface area contributed by atoms with Crippen LogP contribution in [0.3, 0.4) is 0 Å². The Bertz CT molecular complexity index is 879. The van der Waals surface area contributed by atoms with Crippen molar-refractivity contribution in [2.75, 3.05) is 6.61 Å². The summed E-state index contributed by atoms with van der Waals surface area (Å²) in [5.41, 5.74) is 4.91. The minimum absolute atomic E-state index is 0.481. The second-order valence-electron chi connectivity index (χ2n) is 7.67. The number of aromatic nitrogens is 2. The fourth-order valence-electron chi connectivity index (χ4n) is 3.59.